The van der Waals surface area contributed by atoms with Crippen LogP contribution in [-0.4, -0.2) is 11.6 Å². The molecule has 2 aliphatic rings. The highest BCUT2D eigenvalue weighted by Crippen LogP contribution is 2.66. The van der Waals surface area contributed by atoms with Crippen molar-refractivity contribution < 1.29 is 9.53 Å². The van der Waals surface area contributed by atoms with Gasteiger partial charge in [0, 0.05) is 5.41 Å². The van der Waals surface area contributed by atoms with E-state index in [9.17, 15) is 4.79 Å². The molecule has 14 heavy (non-hydrogen) atoms. The number of nitriles is 1. The van der Waals surface area contributed by atoms with Crippen LogP contribution in [0.3, 0.4) is 0 Å². The molecule has 0 spiro atoms. The van der Waals surface area contributed by atoms with Crippen molar-refractivity contribution >= 4 is 5.97 Å². The molecule has 0 N–H and O–H groups in total. The Morgan fingerprint density at radius 1 is 1.43 bits per heavy atom. The molecule has 2 fully saturated rings. The number of carbonyl (C=O) groups excluding carboxylic acids is 1. The predicted molar refractivity (Wildman–Crippen MR) is 50.2 cm³/mol. The second-order valence-electron chi connectivity index (χ2n) is 5.16. The van der Waals surface area contributed by atoms with Gasteiger partial charge in [-0.15, -0.1) is 0 Å². The largest absolute Gasteiger partial charge is 0.458 e. The van der Waals surface area contributed by atoms with E-state index in [4.69, 9.17) is 10.00 Å². The number of hydrogen-bond acceptors (Lipinski definition) is 3. The lowest BCUT2D eigenvalue weighted by Gasteiger charge is -2.34. The first-order valence-electron chi connectivity index (χ1n) is 5.00. The van der Waals surface area contributed by atoms with E-state index in [1.807, 2.05) is 20.8 Å². The molecule has 2 rings (SSSR count). The van der Waals surface area contributed by atoms with Gasteiger partial charge in [0.05, 0.1) is 17.9 Å². The second-order valence-corrected chi connectivity index (χ2v) is 5.16. The van der Waals surface area contributed by atoms with Gasteiger partial charge in [0.25, 0.3) is 0 Å². The van der Waals surface area contributed by atoms with Crippen LogP contribution in [0.4, 0.5) is 0 Å². The van der Waals surface area contributed by atoms with Crippen LogP contribution in [0.15, 0.2) is 0 Å². The average molecular weight is 193 g/mol. The van der Waals surface area contributed by atoms with Crippen molar-refractivity contribution in [2.45, 2.75) is 45.6 Å². The molecule has 3 nitrogen and oxygen atoms in total. The molecule has 0 aromatic carbocycles. The third-order valence-corrected chi connectivity index (χ3v) is 4.64. The van der Waals surface area contributed by atoms with Gasteiger partial charge in [-0.3, -0.25) is 4.79 Å². The number of nitrogens with zero attached hydrogens (tertiary/aromatic N) is 1. The zero-order valence-electron chi connectivity index (χ0n) is 8.89. The molecule has 2 atom stereocenters. The molecular formula is C11H15NO2. The molecule has 3 heteroatoms. The Kier molecular flexibility index (Phi) is 1.57. The summed E-state index contributed by atoms with van der Waals surface area (Å²) in [5.74, 6) is -0.169. The molecule has 1 heterocycles. The SMILES string of the molecule is CC1(C)[C@@]2(CC#N)CC[C@]1(C)OC2=O. The first-order valence-corrected chi connectivity index (χ1v) is 5.00. The number of fused-ring (bicyclic) bond motifs is 2. The minimum Gasteiger partial charge on any atom is -0.458 e. The fraction of sp³-hybridized carbons (Fsp3) is 0.818. The van der Waals surface area contributed by atoms with E-state index in [1.165, 1.54) is 0 Å². The minimum absolute atomic E-state index is 0.169. The zero-order valence-corrected chi connectivity index (χ0v) is 8.89. The maximum atomic E-state index is 11.8. The Labute approximate surface area is 84.0 Å². The highest BCUT2D eigenvalue weighted by atomic mass is 16.6. The van der Waals surface area contributed by atoms with Gasteiger partial charge < -0.3 is 4.74 Å². The Balaban J connectivity index is 2.52. The summed E-state index contributed by atoms with van der Waals surface area (Å²) in [5.41, 5.74) is -1.12. The van der Waals surface area contributed by atoms with Crippen LogP contribution in [-0.2, 0) is 9.53 Å². The van der Waals surface area contributed by atoms with Gasteiger partial charge in [0.2, 0.25) is 0 Å². The molecule has 2 bridgehead atoms. The van der Waals surface area contributed by atoms with Crippen LogP contribution in [0.25, 0.3) is 0 Å². The molecule has 1 aliphatic heterocycles. The maximum Gasteiger partial charge on any atom is 0.314 e. The lowest BCUT2D eigenvalue weighted by Crippen LogP contribution is -2.39. The molecular weight excluding hydrogens is 178 g/mol. The molecule has 1 saturated heterocycles. The number of esters is 1. The van der Waals surface area contributed by atoms with E-state index in [1.54, 1.807) is 0 Å². The van der Waals surface area contributed by atoms with Gasteiger partial charge in [-0.2, -0.15) is 5.26 Å². The normalized spacial score (nSPS) is 43.4. The van der Waals surface area contributed by atoms with Crippen molar-refractivity contribution in [3.8, 4) is 6.07 Å². The standard InChI is InChI=1S/C11H15NO2/c1-9(2)10(3)4-5-11(9,6-7-12)8(13)14-10/h4-6H2,1-3H3/t10-,11+/m0/s1. The number of rotatable bonds is 1. The first kappa shape index (κ1) is 9.51. The summed E-state index contributed by atoms with van der Waals surface area (Å²) in [6, 6.07) is 2.13. The van der Waals surface area contributed by atoms with Crippen LogP contribution < -0.4 is 0 Å². The maximum absolute atomic E-state index is 11.8. The van der Waals surface area contributed by atoms with Crippen molar-refractivity contribution in [1.82, 2.24) is 0 Å². The Hall–Kier alpha value is -1.04. The lowest BCUT2D eigenvalue weighted by atomic mass is 9.64. The van der Waals surface area contributed by atoms with Gasteiger partial charge in [-0.25, -0.2) is 0 Å². The minimum atomic E-state index is -0.545. The van der Waals surface area contributed by atoms with Crippen LogP contribution in [0.5, 0.6) is 0 Å². The summed E-state index contributed by atoms with van der Waals surface area (Å²) < 4.78 is 5.43. The lowest BCUT2D eigenvalue weighted by molar-refractivity contribution is -0.159. The van der Waals surface area contributed by atoms with E-state index < -0.39 is 5.41 Å². The molecule has 1 saturated carbocycles. The summed E-state index contributed by atoms with van der Waals surface area (Å²) in [7, 11) is 0. The van der Waals surface area contributed by atoms with Crippen molar-refractivity contribution in [3.63, 3.8) is 0 Å². The quantitative estimate of drug-likeness (QED) is 0.598. The zero-order chi connectivity index (χ0) is 10.6. The van der Waals surface area contributed by atoms with Crippen molar-refractivity contribution in [2.75, 3.05) is 0 Å². The van der Waals surface area contributed by atoms with Crippen molar-refractivity contribution in [2.24, 2.45) is 10.8 Å². The van der Waals surface area contributed by atoms with Gasteiger partial charge in [0.15, 0.2) is 0 Å². The first-order chi connectivity index (χ1) is 6.40. The summed E-state index contributed by atoms with van der Waals surface area (Å²) in [4.78, 5) is 11.8. The van der Waals surface area contributed by atoms with E-state index >= 15 is 0 Å². The molecule has 1 aliphatic carbocycles. The highest BCUT2D eigenvalue weighted by Gasteiger charge is 2.72. The summed E-state index contributed by atoms with van der Waals surface area (Å²) in [6.45, 7) is 6.07. The Bertz CT molecular complexity index is 342. The molecule has 0 aromatic rings. The summed E-state index contributed by atoms with van der Waals surface area (Å²) in [6.07, 6.45) is 1.96. The van der Waals surface area contributed by atoms with Crippen molar-refractivity contribution in [3.05, 3.63) is 0 Å². The highest BCUT2D eigenvalue weighted by molar-refractivity contribution is 5.83. The molecule has 0 radical (unpaired) electrons. The smallest absolute Gasteiger partial charge is 0.314 e. The van der Waals surface area contributed by atoms with Gasteiger partial charge in [0.1, 0.15) is 5.60 Å². The van der Waals surface area contributed by atoms with Crippen LogP contribution in [0.1, 0.15) is 40.0 Å². The monoisotopic (exact) mass is 193 g/mol. The predicted octanol–water partition coefficient (Wildman–Crippen LogP) is 2.02. The fourth-order valence-electron chi connectivity index (χ4n) is 2.94. The Morgan fingerprint density at radius 3 is 2.43 bits per heavy atom. The van der Waals surface area contributed by atoms with Crippen LogP contribution >= 0.6 is 0 Å². The van der Waals surface area contributed by atoms with Crippen molar-refractivity contribution in [1.29, 1.82) is 5.26 Å². The van der Waals surface area contributed by atoms with Gasteiger partial charge >= 0.3 is 5.97 Å². The third kappa shape index (κ3) is 0.716. The number of carbonyl (C=O) groups is 1. The van der Waals surface area contributed by atoms with Gasteiger partial charge in [-0.1, -0.05) is 13.8 Å². The summed E-state index contributed by atoms with van der Waals surface area (Å²) >= 11 is 0. The average Bonchev–Trinajstić information content (AvgIpc) is 2.34. The number of ether oxygens (including phenoxy) is 1. The fourth-order valence-corrected chi connectivity index (χ4v) is 2.94. The second kappa shape index (κ2) is 2.31. The van der Waals surface area contributed by atoms with E-state index in [-0.39, 0.29) is 23.4 Å². The molecule has 0 aromatic heterocycles. The van der Waals surface area contributed by atoms with E-state index in [2.05, 4.69) is 6.07 Å². The van der Waals surface area contributed by atoms with E-state index in [0.29, 0.717) is 0 Å². The van der Waals surface area contributed by atoms with Gasteiger partial charge in [-0.05, 0) is 19.8 Å². The molecule has 76 valence electrons. The molecule has 0 unspecified atom stereocenters. The topological polar surface area (TPSA) is 50.1 Å². The third-order valence-electron chi connectivity index (χ3n) is 4.64. The summed E-state index contributed by atoms with van der Waals surface area (Å²) in [5, 5.41) is 8.82. The number of hydrogen-bond donors (Lipinski definition) is 0. The van der Waals surface area contributed by atoms with E-state index in [0.717, 1.165) is 12.8 Å². The van der Waals surface area contributed by atoms with Crippen LogP contribution in [0.2, 0.25) is 0 Å². The van der Waals surface area contributed by atoms with Crippen LogP contribution in [0, 0.1) is 22.2 Å². The molecule has 0 amide bonds. The Morgan fingerprint density at radius 2 is 2.07 bits per heavy atom.